The molecule has 1 aromatic rings. The van der Waals surface area contributed by atoms with Gasteiger partial charge in [0.15, 0.2) is 0 Å². The molecule has 5 heteroatoms. The van der Waals surface area contributed by atoms with Gasteiger partial charge in [-0.3, -0.25) is 9.69 Å². The van der Waals surface area contributed by atoms with Gasteiger partial charge in [-0.15, -0.1) is 0 Å². The Morgan fingerprint density at radius 3 is 2.78 bits per heavy atom. The summed E-state index contributed by atoms with van der Waals surface area (Å²) in [4.78, 5) is 12.7. The van der Waals surface area contributed by atoms with E-state index < -0.39 is 12.0 Å². The molecule has 0 fully saturated rings. The molecule has 0 bridgehead atoms. The van der Waals surface area contributed by atoms with Gasteiger partial charge >= 0.3 is 5.97 Å². The van der Waals surface area contributed by atoms with Crippen LogP contribution in [0, 0.1) is 0 Å². The quantitative estimate of drug-likeness (QED) is 0.875. The molecule has 1 rings (SSSR count). The van der Waals surface area contributed by atoms with Crippen LogP contribution in [0.5, 0.6) is 5.75 Å². The maximum atomic E-state index is 10.9. The second-order valence-electron chi connectivity index (χ2n) is 4.20. The molecule has 0 heterocycles. The van der Waals surface area contributed by atoms with Gasteiger partial charge in [-0.25, -0.2) is 0 Å². The molecule has 1 aromatic carbocycles. The molecule has 1 unspecified atom stereocenters. The topological polar surface area (TPSA) is 49.8 Å². The third kappa shape index (κ3) is 3.99. The Balaban J connectivity index is 2.68. The lowest BCUT2D eigenvalue weighted by Gasteiger charge is -2.21. The van der Waals surface area contributed by atoms with Crippen LogP contribution in [0.2, 0.25) is 0 Å². The summed E-state index contributed by atoms with van der Waals surface area (Å²) in [6.45, 7) is 2.35. The molecule has 100 valence electrons. The molecule has 0 saturated carbocycles. The Morgan fingerprint density at radius 1 is 1.56 bits per heavy atom. The average Bonchev–Trinajstić information content (AvgIpc) is 2.35. The predicted molar refractivity (Wildman–Crippen MR) is 74.1 cm³/mol. The number of halogens is 1. The van der Waals surface area contributed by atoms with Crippen molar-refractivity contribution < 1.29 is 14.6 Å². The predicted octanol–water partition coefficient (Wildman–Crippen LogP) is 2.41. The number of carbonyl (C=O) groups is 1. The first-order valence-corrected chi connectivity index (χ1v) is 6.50. The Labute approximate surface area is 116 Å². The maximum absolute atomic E-state index is 10.9. The number of rotatable bonds is 6. The first-order chi connectivity index (χ1) is 8.45. The van der Waals surface area contributed by atoms with E-state index in [4.69, 9.17) is 9.84 Å². The molecule has 0 amide bonds. The summed E-state index contributed by atoms with van der Waals surface area (Å²) in [5, 5.41) is 8.92. The monoisotopic (exact) mass is 315 g/mol. The molecule has 0 saturated heterocycles. The van der Waals surface area contributed by atoms with Crippen molar-refractivity contribution in [2.75, 3.05) is 20.7 Å². The Hall–Kier alpha value is -1.07. The van der Waals surface area contributed by atoms with Crippen molar-refractivity contribution in [3.05, 3.63) is 28.2 Å². The van der Waals surface area contributed by atoms with E-state index in [0.717, 1.165) is 22.2 Å². The van der Waals surface area contributed by atoms with Gasteiger partial charge in [-0.05, 0) is 44.2 Å². The number of carboxylic acid groups (broad SMARTS) is 1. The average molecular weight is 316 g/mol. The van der Waals surface area contributed by atoms with Crippen molar-refractivity contribution in [1.29, 1.82) is 0 Å². The summed E-state index contributed by atoms with van der Waals surface area (Å²) in [6, 6.07) is 5.34. The smallest absolute Gasteiger partial charge is 0.320 e. The minimum Gasteiger partial charge on any atom is -0.496 e. The van der Waals surface area contributed by atoms with E-state index in [1.54, 1.807) is 14.0 Å². The van der Waals surface area contributed by atoms with Crippen LogP contribution in [-0.4, -0.2) is 42.7 Å². The third-order valence-electron chi connectivity index (χ3n) is 2.99. The molecule has 1 atom stereocenters. The summed E-state index contributed by atoms with van der Waals surface area (Å²) in [6.07, 6.45) is 0.747. The van der Waals surface area contributed by atoms with Gasteiger partial charge in [0.25, 0.3) is 0 Å². The molecular formula is C13H18BrNO3. The zero-order chi connectivity index (χ0) is 13.7. The standard InChI is InChI=1S/C13H18BrNO3/c1-9(13(16)17)15(2)7-6-10-8-11(14)4-5-12(10)18-3/h4-5,8-9H,6-7H2,1-3H3,(H,16,17). The Morgan fingerprint density at radius 2 is 2.22 bits per heavy atom. The molecule has 0 spiro atoms. The number of nitrogens with zero attached hydrogens (tertiary/aromatic N) is 1. The number of aliphatic carboxylic acids is 1. The van der Waals surface area contributed by atoms with Gasteiger partial charge in [0.05, 0.1) is 7.11 Å². The molecule has 0 aliphatic carbocycles. The van der Waals surface area contributed by atoms with Gasteiger partial charge < -0.3 is 9.84 Å². The van der Waals surface area contributed by atoms with Crippen LogP contribution in [0.25, 0.3) is 0 Å². The van der Waals surface area contributed by atoms with Gasteiger partial charge in [-0.2, -0.15) is 0 Å². The van der Waals surface area contributed by atoms with E-state index in [0.29, 0.717) is 6.54 Å². The van der Waals surface area contributed by atoms with E-state index in [1.165, 1.54) is 0 Å². The highest BCUT2D eigenvalue weighted by Gasteiger charge is 2.16. The Kier molecular flexibility index (Phi) is 5.62. The minimum atomic E-state index is -0.807. The van der Waals surface area contributed by atoms with E-state index >= 15 is 0 Å². The first kappa shape index (κ1) is 15.0. The fourth-order valence-corrected chi connectivity index (χ4v) is 2.03. The third-order valence-corrected chi connectivity index (χ3v) is 3.49. The highest BCUT2D eigenvalue weighted by molar-refractivity contribution is 9.10. The van der Waals surface area contributed by atoms with Gasteiger partial charge in [0.2, 0.25) is 0 Å². The summed E-state index contributed by atoms with van der Waals surface area (Å²) < 4.78 is 6.28. The largest absolute Gasteiger partial charge is 0.496 e. The zero-order valence-electron chi connectivity index (χ0n) is 10.8. The molecule has 0 aromatic heterocycles. The molecule has 1 N–H and O–H groups in total. The Bertz CT molecular complexity index is 423. The van der Waals surface area contributed by atoms with Crippen LogP contribution in [0.3, 0.4) is 0 Å². The molecule has 0 aliphatic heterocycles. The molecule has 18 heavy (non-hydrogen) atoms. The number of benzene rings is 1. The van der Waals surface area contributed by atoms with Crippen molar-refractivity contribution in [3.8, 4) is 5.75 Å². The molecular weight excluding hydrogens is 298 g/mol. The normalized spacial score (nSPS) is 12.5. The number of likely N-dealkylation sites (N-methyl/N-ethyl adjacent to an activating group) is 1. The van der Waals surface area contributed by atoms with Crippen molar-refractivity contribution in [2.45, 2.75) is 19.4 Å². The molecule has 0 aliphatic rings. The van der Waals surface area contributed by atoms with Crippen molar-refractivity contribution in [1.82, 2.24) is 4.90 Å². The fraction of sp³-hybridized carbons (Fsp3) is 0.462. The lowest BCUT2D eigenvalue weighted by atomic mass is 10.1. The first-order valence-electron chi connectivity index (χ1n) is 5.71. The lowest BCUT2D eigenvalue weighted by molar-refractivity contribution is -0.142. The number of hydrogen-bond donors (Lipinski definition) is 1. The molecule has 4 nitrogen and oxygen atoms in total. The number of ether oxygens (including phenoxy) is 1. The van der Waals surface area contributed by atoms with Crippen LogP contribution in [0.1, 0.15) is 12.5 Å². The van der Waals surface area contributed by atoms with E-state index in [-0.39, 0.29) is 0 Å². The second-order valence-corrected chi connectivity index (χ2v) is 5.12. The van der Waals surface area contributed by atoms with Crippen LogP contribution in [0.15, 0.2) is 22.7 Å². The fourth-order valence-electron chi connectivity index (χ4n) is 1.62. The summed E-state index contributed by atoms with van der Waals surface area (Å²) >= 11 is 3.42. The van der Waals surface area contributed by atoms with Gasteiger partial charge in [0, 0.05) is 11.0 Å². The molecule has 0 radical (unpaired) electrons. The highest BCUT2D eigenvalue weighted by Crippen LogP contribution is 2.23. The van der Waals surface area contributed by atoms with Crippen molar-refractivity contribution in [2.24, 2.45) is 0 Å². The summed E-state index contributed by atoms with van der Waals surface area (Å²) in [5.41, 5.74) is 1.07. The number of carboxylic acids is 1. The summed E-state index contributed by atoms with van der Waals surface area (Å²) in [5.74, 6) is 0.0216. The van der Waals surface area contributed by atoms with E-state index in [2.05, 4.69) is 15.9 Å². The van der Waals surface area contributed by atoms with Gasteiger partial charge in [0.1, 0.15) is 11.8 Å². The summed E-state index contributed by atoms with van der Waals surface area (Å²) in [7, 11) is 3.44. The van der Waals surface area contributed by atoms with Crippen LogP contribution < -0.4 is 4.74 Å². The van der Waals surface area contributed by atoms with Crippen LogP contribution in [-0.2, 0) is 11.2 Å². The second kappa shape index (κ2) is 6.75. The van der Waals surface area contributed by atoms with E-state index in [9.17, 15) is 4.79 Å². The van der Waals surface area contributed by atoms with Crippen molar-refractivity contribution >= 4 is 21.9 Å². The van der Waals surface area contributed by atoms with E-state index in [1.807, 2.05) is 30.1 Å². The van der Waals surface area contributed by atoms with Crippen LogP contribution >= 0.6 is 15.9 Å². The van der Waals surface area contributed by atoms with Gasteiger partial charge in [-0.1, -0.05) is 15.9 Å². The SMILES string of the molecule is COc1ccc(Br)cc1CCN(C)C(C)C(=O)O. The number of hydrogen-bond acceptors (Lipinski definition) is 3. The number of methoxy groups -OCH3 is 1. The lowest BCUT2D eigenvalue weighted by Crippen LogP contribution is -2.37. The minimum absolute atomic E-state index is 0.483. The van der Waals surface area contributed by atoms with Crippen LogP contribution in [0.4, 0.5) is 0 Å². The maximum Gasteiger partial charge on any atom is 0.320 e. The van der Waals surface area contributed by atoms with Crippen molar-refractivity contribution in [3.63, 3.8) is 0 Å². The zero-order valence-corrected chi connectivity index (χ0v) is 12.4. The highest BCUT2D eigenvalue weighted by atomic mass is 79.9.